The summed E-state index contributed by atoms with van der Waals surface area (Å²) in [5.74, 6) is 1.74. The van der Waals surface area contributed by atoms with E-state index in [-0.39, 0.29) is 11.4 Å². The second-order valence-electron chi connectivity index (χ2n) is 12.0. The second kappa shape index (κ2) is 10.5. The Hall–Kier alpha value is -1.71. The van der Waals surface area contributed by atoms with Crippen LogP contribution in [0.2, 0.25) is 0 Å². The first-order valence-corrected chi connectivity index (χ1v) is 16.3. The SMILES string of the molecule is CC[C@H]1C[C@@H]1Nc1ncc2c(C3CCN(S(=O)(=O)C4CCCCC4)CC3)cn(C3CCC(O)CC3)c2n1. The number of hydrogen-bond acceptors (Lipinski definition) is 6. The highest BCUT2D eigenvalue weighted by Gasteiger charge is 2.37. The molecule has 0 spiro atoms. The van der Waals surface area contributed by atoms with Crippen molar-refractivity contribution in [3.8, 4) is 0 Å². The lowest BCUT2D eigenvalue weighted by Crippen LogP contribution is -2.43. The van der Waals surface area contributed by atoms with Crippen molar-refractivity contribution in [2.45, 2.75) is 120 Å². The van der Waals surface area contributed by atoms with Crippen LogP contribution in [0.1, 0.15) is 108 Å². The summed E-state index contributed by atoms with van der Waals surface area (Å²) in [6.07, 6.45) is 16.6. The molecule has 0 radical (unpaired) electrons. The predicted molar refractivity (Wildman–Crippen MR) is 146 cm³/mol. The molecule has 4 fully saturated rings. The zero-order valence-corrected chi connectivity index (χ0v) is 23.0. The van der Waals surface area contributed by atoms with Crippen molar-refractivity contribution in [2.24, 2.45) is 5.92 Å². The van der Waals surface area contributed by atoms with Gasteiger partial charge in [0.2, 0.25) is 16.0 Å². The highest BCUT2D eigenvalue weighted by molar-refractivity contribution is 7.89. The van der Waals surface area contributed by atoms with Crippen LogP contribution in [0, 0.1) is 5.92 Å². The Bertz CT molecular complexity index is 1190. The number of aromatic nitrogens is 3. The maximum Gasteiger partial charge on any atom is 0.224 e. The summed E-state index contributed by atoms with van der Waals surface area (Å²) in [6.45, 7) is 3.44. The van der Waals surface area contributed by atoms with E-state index in [4.69, 9.17) is 9.97 Å². The first kappa shape index (κ1) is 25.6. The molecular weight excluding hydrogens is 486 g/mol. The van der Waals surface area contributed by atoms with Gasteiger partial charge in [0.25, 0.3) is 0 Å². The summed E-state index contributed by atoms with van der Waals surface area (Å²) in [6, 6.07) is 0.809. The first-order valence-electron chi connectivity index (χ1n) is 14.7. The van der Waals surface area contributed by atoms with Crippen LogP contribution < -0.4 is 5.32 Å². The van der Waals surface area contributed by atoms with E-state index in [1.807, 2.05) is 6.20 Å². The lowest BCUT2D eigenvalue weighted by atomic mass is 9.90. The van der Waals surface area contributed by atoms with Crippen LogP contribution in [0.25, 0.3) is 11.0 Å². The summed E-state index contributed by atoms with van der Waals surface area (Å²) < 4.78 is 30.7. The molecule has 3 heterocycles. The first-order chi connectivity index (χ1) is 17.9. The highest BCUT2D eigenvalue weighted by atomic mass is 32.2. The Balaban J connectivity index is 1.24. The van der Waals surface area contributed by atoms with Crippen LogP contribution in [0.4, 0.5) is 5.95 Å². The molecule has 3 aliphatic carbocycles. The molecular formula is C28H43N5O3S. The van der Waals surface area contributed by atoms with Gasteiger partial charge in [-0.05, 0) is 75.2 Å². The maximum atomic E-state index is 13.3. The van der Waals surface area contributed by atoms with Crippen molar-refractivity contribution < 1.29 is 13.5 Å². The molecule has 2 aromatic rings. The van der Waals surface area contributed by atoms with E-state index in [9.17, 15) is 13.5 Å². The van der Waals surface area contributed by atoms with Crippen molar-refractivity contribution in [3.05, 3.63) is 18.0 Å². The minimum Gasteiger partial charge on any atom is -0.393 e. The van der Waals surface area contributed by atoms with Crippen LogP contribution in [-0.4, -0.2) is 62.8 Å². The molecule has 1 aliphatic heterocycles. The van der Waals surface area contributed by atoms with Crippen LogP contribution in [0.3, 0.4) is 0 Å². The molecule has 2 atom stereocenters. The van der Waals surface area contributed by atoms with Gasteiger partial charge in [0.05, 0.1) is 11.4 Å². The fourth-order valence-corrected chi connectivity index (χ4v) is 9.17. The van der Waals surface area contributed by atoms with Crippen molar-refractivity contribution >= 4 is 27.0 Å². The van der Waals surface area contributed by atoms with Gasteiger partial charge in [0.15, 0.2) is 0 Å². The van der Waals surface area contributed by atoms with Crippen molar-refractivity contribution in [1.82, 2.24) is 18.8 Å². The molecule has 3 saturated carbocycles. The minimum atomic E-state index is -3.20. The van der Waals surface area contributed by atoms with Gasteiger partial charge in [0.1, 0.15) is 5.65 Å². The van der Waals surface area contributed by atoms with Gasteiger partial charge in [-0.3, -0.25) is 0 Å². The van der Waals surface area contributed by atoms with Crippen molar-refractivity contribution in [1.29, 1.82) is 0 Å². The van der Waals surface area contributed by atoms with E-state index in [0.29, 0.717) is 37.0 Å². The van der Waals surface area contributed by atoms with Crippen molar-refractivity contribution in [2.75, 3.05) is 18.4 Å². The quantitative estimate of drug-likeness (QED) is 0.526. The number of piperidine rings is 1. The van der Waals surface area contributed by atoms with E-state index in [2.05, 4.69) is 23.0 Å². The van der Waals surface area contributed by atoms with Crippen LogP contribution in [0.15, 0.2) is 12.4 Å². The molecule has 0 amide bonds. The number of nitrogens with zero attached hydrogens (tertiary/aromatic N) is 4. The number of anilines is 1. The molecule has 2 N–H and O–H groups in total. The van der Waals surface area contributed by atoms with Crippen molar-refractivity contribution in [3.63, 3.8) is 0 Å². The van der Waals surface area contributed by atoms with E-state index in [0.717, 1.165) is 87.6 Å². The van der Waals surface area contributed by atoms with Gasteiger partial charge in [-0.25, -0.2) is 17.7 Å². The molecule has 37 heavy (non-hydrogen) atoms. The molecule has 1 saturated heterocycles. The summed E-state index contributed by atoms with van der Waals surface area (Å²) >= 11 is 0. The van der Waals surface area contributed by atoms with E-state index >= 15 is 0 Å². The Morgan fingerprint density at radius 3 is 2.43 bits per heavy atom. The topological polar surface area (TPSA) is 100 Å². The average molecular weight is 530 g/mol. The smallest absolute Gasteiger partial charge is 0.224 e. The molecule has 6 rings (SSSR count). The molecule has 0 bridgehead atoms. The normalized spacial score (nSPS) is 30.5. The zero-order valence-electron chi connectivity index (χ0n) is 22.2. The van der Waals surface area contributed by atoms with Crippen LogP contribution >= 0.6 is 0 Å². The molecule has 204 valence electrons. The molecule has 4 aliphatic rings. The fourth-order valence-electron chi connectivity index (χ4n) is 7.10. The lowest BCUT2D eigenvalue weighted by Gasteiger charge is -2.34. The zero-order chi connectivity index (χ0) is 25.6. The van der Waals surface area contributed by atoms with E-state index in [1.165, 1.54) is 18.4 Å². The largest absolute Gasteiger partial charge is 0.393 e. The van der Waals surface area contributed by atoms with Crippen LogP contribution in [0.5, 0.6) is 0 Å². The molecule has 8 nitrogen and oxygen atoms in total. The molecule has 2 aromatic heterocycles. The maximum absolute atomic E-state index is 13.3. The number of rotatable bonds is 7. The number of aliphatic hydroxyl groups excluding tert-OH is 1. The Labute approximate surface area is 221 Å². The predicted octanol–water partition coefficient (Wildman–Crippen LogP) is 4.96. The number of nitrogens with one attached hydrogen (secondary N) is 1. The van der Waals surface area contributed by atoms with Gasteiger partial charge < -0.3 is 15.0 Å². The summed E-state index contributed by atoms with van der Waals surface area (Å²) in [5, 5.41) is 14.5. The number of sulfonamides is 1. The number of aliphatic hydroxyl groups is 1. The highest BCUT2D eigenvalue weighted by Crippen LogP contribution is 2.40. The van der Waals surface area contributed by atoms with Gasteiger partial charge in [0, 0.05) is 43.0 Å². The third kappa shape index (κ3) is 5.15. The minimum absolute atomic E-state index is 0.181. The summed E-state index contributed by atoms with van der Waals surface area (Å²) in [5.41, 5.74) is 2.25. The lowest BCUT2D eigenvalue weighted by molar-refractivity contribution is 0.111. The summed E-state index contributed by atoms with van der Waals surface area (Å²) in [4.78, 5) is 9.74. The Morgan fingerprint density at radius 1 is 1.03 bits per heavy atom. The van der Waals surface area contributed by atoms with Gasteiger partial charge >= 0.3 is 0 Å². The van der Waals surface area contributed by atoms with Crippen LogP contribution in [-0.2, 0) is 10.0 Å². The van der Waals surface area contributed by atoms with Gasteiger partial charge in [-0.15, -0.1) is 0 Å². The van der Waals surface area contributed by atoms with Gasteiger partial charge in [-0.1, -0.05) is 32.6 Å². The van der Waals surface area contributed by atoms with E-state index < -0.39 is 10.0 Å². The Kier molecular flexibility index (Phi) is 7.22. The monoisotopic (exact) mass is 529 g/mol. The number of hydrogen-bond donors (Lipinski definition) is 2. The molecule has 0 unspecified atom stereocenters. The third-order valence-electron chi connectivity index (χ3n) is 9.65. The Morgan fingerprint density at radius 2 is 1.76 bits per heavy atom. The second-order valence-corrected chi connectivity index (χ2v) is 14.2. The average Bonchev–Trinajstić information content (AvgIpc) is 3.58. The molecule has 9 heteroatoms. The summed E-state index contributed by atoms with van der Waals surface area (Å²) in [7, 11) is -3.20. The third-order valence-corrected chi connectivity index (χ3v) is 12.0. The van der Waals surface area contributed by atoms with Gasteiger partial charge in [-0.2, -0.15) is 4.98 Å². The molecule has 0 aromatic carbocycles. The standard InChI is InChI=1S/C28H43N5O3S/c1-2-19-16-26(19)30-28-29-17-24-25(18-33(27(24)31-28)21-8-10-22(34)11-9-21)20-12-14-32(15-13-20)37(35,36)23-6-4-3-5-7-23/h17-23,26,34H,2-16H2,1H3,(H,29,30,31)/t19-,21?,22?,26-/m0/s1. The fraction of sp³-hybridized carbons (Fsp3) is 0.786. The van der Waals surface area contributed by atoms with E-state index in [1.54, 1.807) is 4.31 Å². The number of fused-ring (bicyclic) bond motifs is 1.